The standard InChI is InChI=1S/C16H15N7OS/c17-7-13-14(18)19-9-20-15(13)21-10-2-1-3-11(6-10)22-16(24)23-12-4-5-25-8-12/h1-9,17H,(H2,22,23,24)(H3,18,19,20,21). The smallest absolute Gasteiger partial charge is 0.323 e. The molecule has 0 saturated heterocycles. The summed E-state index contributed by atoms with van der Waals surface area (Å²) in [5.41, 5.74) is 8.17. The second kappa shape index (κ2) is 7.41. The maximum atomic E-state index is 12.0. The van der Waals surface area contributed by atoms with Crippen LogP contribution in [-0.2, 0) is 0 Å². The molecule has 0 atom stereocenters. The van der Waals surface area contributed by atoms with E-state index in [0.29, 0.717) is 22.8 Å². The summed E-state index contributed by atoms with van der Waals surface area (Å²) in [5, 5.41) is 19.7. The molecule has 0 aliphatic heterocycles. The molecule has 0 fully saturated rings. The Morgan fingerprint density at radius 3 is 2.72 bits per heavy atom. The predicted octanol–water partition coefficient (Wildman–Crippen LogP) is 3.51. The van der Waals surface area contributed by atoms with Crippen LogP contribution in [0.4, 0.5) is 33.5 Å². The van der Waals surface area contributed by atoms with E-state index >= 15 is 0 Å². The number of nitrogen functional groups attached to an aromatic ring is 1. The highest BCUT2D eigenvalue weighted by molar-refractivity contribution is 7.08. The van der Waals surface area contributed by atoms with Crippen molar-refractivity contribution in [2.24, 2.45) is 0 Å². The van der Waals surface area contributed by atoms with Crippen LogP contribution in [0.5, 0.6) is 0 Å². The summed E-state index contributed by atoms with van der Waals surface area (Å²) in [4.78, 5) is 19.9. The summed E-state index contributed by atoms with van der Waals surface area (Å²) in [5.74, 6) is 0.638. The highest BCUT2D eigenvalue weighted by Gasteiger charge is 2.08. The minimum absolute atomic E-state index is 0.219. The van der Waals surface area contributed by atoms with Gasteiger partial charge < -0.3 is 27.1 Å². The third-order valence-corrected chi connectivity index (χ3v) is 3.90. The van der Waals surface area contributed by atoms with Gasteiger partial charge in [0.05, 0.1) is 11.3 Å². The van der Waals surface area contributed by atoms with E-state index in [-0.39, 0.29) is 11.8 Å². The molecule has 3 rings (SSSR count). The minimum Gasteiger partial charge on any atom is -0.383 e. The summed E-state index contributed by atoms with van der Waals surface area (Å²) >= 11 is 1.50. The second-order valence-corrected chi connectivity index (χ2v) is 5.74. The van der Waals surface area contributed by atoms with Crippen molar-refractivity contribution in [1.29, 1.82) is 5.41 Å². The average Bonchev–Trinajstić information content (AvgIpc) is 3.08. The zero-order valence-electron chi connectivity index (χ0n) is 13.0. The molecule has 0 aliphatic carbocycles. The van der Waals surface area contributed by atoms with Gasteiger partial charge in [0.15, 0.2) is 0 Å². The Hall–Kier alpha value is -3.46. The van der Waals surface area contributed by atoms with E-state index in [2.05, 4.69) is 25.9 Å². The van der Waals surface area contributed by atoms with Gasteiger partial charge >= 0.3 is 6.03 Å². The first-order chi connectivity index (χ1) is 12.2. The molecule has 0 bridgehead atoms. The molecular formula is C16H15N7OS. The van der Waals surface area contributed by atoms with Crippen molar-refractivity contribution < 1.29 is 4.79 Å². The molecule has 0 aliphatic rings. The van der Waals surface area contributed by atoms with Crippen molar-refractivity contribution in [3.05, 3.63) is 53.0 Å². The Labute approximate surface area is 147 Å². The number of nitrogens with one attached hydrogen (secondary N) is 4. The highest BCUT2D eigenvalue weighted by atomic mass is 32.1. The average molecular weight is 353 g/mol. The van der Waals surface area contributed by atoms with Crippen LogP contribution < -0.4 is 21.7 Å². The molecule has 3 aromatic rings. The summed E-state index contributed by atoms with van der Waals surface area (Å²) in [6.45, 7) is 0. The van der Waals surface area contributed by atoms with E-state index in [9.17, 15) is 4.79 Å². The van der Waals surface area contributed by atoms with Gasteiger partial charge in [-0.1, -0.05) is 6.07 Å². The third kappa shape index (κ3) is 4.09. The van der Waals surface area contributed by atoms with Crippen molar-refractivity contribution in [3.63, 3.8) is 0 Å². The molecule has 0 spiro atoms. The number of hydrogen-bond donors (Lipinski definition) is 5. The number of carbonyl (C=O) groups is 1. The third-order valence-electron chi connectivity index (χ3n) is 3.22. The van der Waals surface area contributed by atoms with Gasteiger partial charge in [-0.3, -0.25) is 0 Å². The van der Waals surface area contributed by atoms with Crippen molar-refractivity contribution >= 4 is 52.3 Å². The van der Waals surface area contributed by atoms with Gasteiger partial charge in [-0.2, -0.15) is 11.3 Å². The summed E-state index contributed by atoms with van der Waals surface area (Å²) in [7, 11) is 0. The molecule has 2 amide bonds. The number of nitrogens with two attached hydrogens (primary N) is 1. The molecule has 126 valence electrons. The monoisotopic (exact) mass is 353 g/mol. The fraction of sp³-hybridized carbons (Fsp3) is 0. The molecule has 8 nitrogen and oxygen atoms in total. The lowest BCUT2D eigenvalue weighted by Crippen LogP contribution is -2.19. The van der Waals surface area contributed by atoms with Gasteiger partial charge in [0.2, 0.25) is 0 Å². The molecule has 0 radical (unpaired) electrons. The van der Waals surface area contributed by atoms with Crippen LogP contribution in [0.2, 0.25) is 0 Å². The zero-order valence-corrected chi connectivity index (χ0v) is 13.8. The van der Waals surface area contributed by atoms with Crippen LogP contribution in [0.25, 0.3) is 0 Å². The van der Waals surface area contributed by atoms with Crippen LogP contribution >= 0.6 is 11.3 Å². The number of aromatic nitrogens is 2. The van der Waals surface area contributed by atoms with Crippen molar-refractivity contribution in [1.82, 2.24) is 9.97 Å². The van der Waals surface area contributed by atoms with Gasteiger partial charge in [0.1, 0.15) is 18.0 Å². The number of nitrogens with zero attached hydrogens (tertiary/aromatic N) is 2. The zero-order chi connectivity index (χ0) is 17.6. The van der Waals surface area contributed by atoms with Crippen LogP contribution in [0.3, 0.4) is 0 Å². The van der Waals surface area contributed by atoms with Gasteiger partial charge in [-0.15, -0.1) is 0 Å². The Morgan fingerprint density at radius 1 is 1.16 bits per heavy atom. The normalized spacial score (nSPS) is 10.1. The molecule has 6 N–H and O–H groups in total. The number of hydrogen-bond acceptors (Lipinski definition) is 7. The maximum Gasteiger partial charge on any atom is 0.323 e. The Kier molecular flexibility index (Phi) is 4.86. The lowest BCUT2D eigenvalue weighted by molar-refractivity contribution is 0.262. The maximum absolute atomic E-state index is 12.0. The fourth-order valence-corrected chi connectivity index (χ4v) is 2.68. The first-order valence-electron chi connectivity index (χ1n) is 7.24. The van der Waals surface area contributed by atoms with E-state index in [0.717, 1.165) is 11.9 Å². The largest absolute Gasteiger partial charge is 0.383 e. The molecule has 2 aromatic heterocycles. The van der Waals surface area contributed by atoms with Crippen molar-refractivity contribution in [2.75, 3.05) is 21.7 Å². The Morgan fingerprint density at radius 2 is 1.96 bits per heavy atom. The van der Waals surface area contributed by atoms with Gasteiger partial charge in [0.25, 0.3) is 0 Å². The van der Waals surface area contributed by atoms with Crippen LogP contribution in [0, 0.1) is 5.41 Å². The second-order valence-electron chi connectivity index (χ2n) is 4.96. The number of urea groups is 1. The van der Waals surface area contributed by atoms with Crippen molar-refractivity contribution in [3.8, 4) is 0 Å². The van der Waals surface area contributed by atoms with Gasteiger partial charge in [-0.05, 0) is 29.6 Å². The predicted molar refractivity (Wildman–Crippen MR) is 101 cm³/mol. The molecule has 25 heavy (non-hydrogen) atoms. The van der Waals surface area contributed by atoms with E-state index in [1.165, 1.54) is 17.7 Å². The first kappa shape index (κ1) is 16.4. The number of thiophene rings is 1. The number of anilines is 5. The molecule has 0 saturated carbocycles. The molecule has 1 aromatic carbocycles. The fourth-order valence-electron chi connectivity index (χ4n) is 2.09. The SMILES string of the molecule is N=Cc1c(N)ncnc1Nc1cccc(NC(=O)Nc2ccsc2)c1. The number of amides is 2. The number of carbonyl (C=O) groups excluding carboxylic acids is 1. The molecular weight excluding hydrogens is 338 g/mol. The van der Waals surface area contributed by atoms with Crippen LogP contribution in [0.15, 0.2) is 47.4 Å². The Balaban J connectivity index is 1.72. The summed E-state index contributed by atoms with van der Waals surface area (Å²) in [6, 6.07) is 8.61. The Bertz CT molecular complexity index is 895. The van der Waals surface area contributed by atoms with Crippen molar-refractivity contribution in [2.45, 2.75) is 0 Å². The lowest BCUT2D eigenvalue weighted by atomic mass is 10.2. The highest BCUT2D eigenvalue weighted by Crippen LogP contribution is 2.22. The van der Waals surface area contributed by atoms with E-state index < -0.39 is 0 Å². The summed E-state index contributed by atoms with van der Waals surface area (Å²) in [6.07, 6.45) is 2.41. The lowest BCUT2D eigenvalue weighted by Gasteiger charge is -2.11. The minimum atomic E-state index is -0.331. The first-order valence-corrected chi connectivity index (χ1v) is 8.18. The molecule has 9 heteroatoms. The number of benzene rings is 1. The molecule has 0 unspecified atom stereocenters. The topological polar surface area (TPSA) is 129 Å². The van der Waals surface area contributed by atoms with Gasteiger partial charge in [-0.25, -0.2) is 14.8 Å². The number of rotatable bonds is 5. The quantitative estimate of drug-likeness (QED) is 0.448. The van der Waals surface area contributed by atoms with Crippen LogP contribution in [0.1, 0.15) is 5.56 Å². The van der Waals surface area contributed by atoms with E-state index in [1.807, 2.05) is 22.9 Å². The van der Waals surface area contributed by atoms with E-state index in [1.54, 1.807) is 18.2 Å². The van der Waals surface area contributed by atoms with Gasteiger partial charge in [0, 0.05) is 23.0 Å². The molecule has 2 heterocycles. The summed E-state index contributed by atoms with van der Waals surface area (Å²) < 4.78 is 0. The van der Waals surface area contributed by atoms with Crippen LogP contribution in [-0.4, -0.2) is 22.2 Å². The van der Waals surface area contributed by atoms with E-state index in [4.69, 9.17) is 11.1 Å².